The van der Waals surface area contributed by atoms with Gasteiger partial charge in [0.2, 0.25) is 0 Å². The predicted molar refractivity (Wildman–Crippen MR) is 82.2 cm³/mol. The van der Waals surface area contributed by atoms with Gasteiger partial charge >= 0.3 is 0 Å². The van der Waals surface area contributed by atoms with E-state index < -0.39 is 6.10 Å². The Hall–Kier alpha value is -2.28. The largest absolute Gasteiger partial charge is 0.385 e. The maximum atomic E-state index is 10.3. The van der Waals surface area contributed by atoms with Gasteiger partial charge in [0, 0.05) is 18.3 Å². The molecule has 1 atom stereocenters. The van der Waals surface area contributed by atoms with Crippen LogP contribution in [0.25, 0.3) is 17.0 Å². The second-order valence-electron chi connectivity index (χ2n) is 5.69. The van der Waals surface area contributed by atoms with Crippen LogP contribution in [0.3, 0.4) is 0 Å². The Balaban J connectivity index is 2.14. The van der Waals surface area contributed by atoms with Crippen LogP contribution in [0.1, 0.15) is 38.5 Å². The molecule has 0 fully saturated rings. The summed E-state index contributed by atoms with van der Waals surface area (Å²) in [5.74, 6) is 2.16. The lowest BCUT2D eigenvalue weighted by Crippen LogP contribution is -2.10. The van der Waals surface area contributed by atoms with Crippen molar-refractivity contribution in [3.05, 3.63) is 30.0 Å². The second-order valence-corrected chi connectivity index (χ2v) is 5.69. The molecule has 0 aromatic carbocycles. The molecule has 0 radical (unpaired) electrons. The van der Waals surface area contributed by atoms with Crippen LogP contribution in [0, 0.1) is 12.8 Å². The number of hydrogen-bond acceptors (Lipinski definition) is 5. The highest BCUT2D eigenvalue weighted by Crippen LogP contribution is 2.23. The fourth-order valence-corrected chi connectivity index (χ4v) is 2.43. The van der Waals surface area contributed by atoms with Crippen LogP contribution >= 0.6 is 0 Å². The number of pyridine rings is 1. The third-order valence-electron chi connectivity index (χ3n) is 3.66. The Morgan fingerprint density at radius 2 is 2.00 bits per heavy atom. The highest BCUT2D eigenvalue weighted by molar-refractivity contribution is 5.58. The SMILES string of the molecule is CCn1nc(C)nc1-c1ccc2nnc(C(O)C(C)C)n2c1. The van der Waals surface area contributed by atoms with Gasteiger partial charge in [-0.3, -0.25) is 4.40 Å². The lowest BCUT2D eigenvalue weighted by atomic mass is 10.1. The molecule has 1 N–H and O–H groups in total. The summed E-state index contributed by atoms with van der Waals surface area (Å²) >= 11 is 0. The average molecular weight is 300 g/mol. The van der Waals surface area contributed by atoms with Crippen molar-refractivity contribution in [2.45, 2.75) is 40.3 Å². The second kappa shape index (κ2) is 5.49. The van der Waals surface area contributed by atoms with Crippen molar-refractivity contribution in [1.82, 2.24) is 29.4 Å². The third kappa shape index (κ3) is 2.37. The van der Waals surface area contributed by atoms with Crippen LogP contribution in [0.2, 0.25) is 0 Å². The minimum absolute atomic E-state index is 0.0672. The van der Waals surface area contributed by atoms with Gasteiger partial charge in [0.05, 0.1) is 0 Å². The van der Waals surface area contributed by atoms with E-state index in [9.17, 15) is 5.11 Å². The zero-order chi connectivity index (χ0) is 15.9. The molecule has 3 aromatic rings. The number of nitrogens with zero attached hydrogens (tertiary/aromatic N) is 6. The molecule has 0 aliphatic heterocycles. The topological polar surface area (TPSA) is 81.1 Å². The van der Waals surface area contributed by atoms with Gasteiger partial charge in [-0.15, -0.1) is 10.2 Å². The zero-order valence-corrected chi connectivity index (χ0v) is 13.2. The first-order valence-corrected chi connectivity index (χ1v) is 7.45. The summed E-state index contributed by atoms with van der Waals surface area (Å²) in [7, 11) is 0. The first-order valence-electron chi connectivity index (χ1n) is 7.45. The fraction of sp³-hybridized carbons (Fsp3) is 0.467. The number of rotatable bonds is 4. The summed E-state index contributed by atoms with van der Waals surface area (Å²) in [4.78, 5) is 4.49. The van der Waals surface area contributed by atoms with Crippen molar-refractivity contribution in [2.75, 3.05) is 0 Å². The molecule has 0 saturated carbocycles. The van der Waals surface area contributed by atoms with E-state index in [1.807, 2.05) is 55.1 Å². The van der Waals surface area contributed by atoms with Crippen molar-refractivity contribution in [2.24, 2.45) is 5.92 Å². The summed E-state index contributed by atoms with van der Waals surface area (Å²) in [5, 5.41) is 22.9. The van der Waals surface area contributed by atoms with E-state index >= 15 is 0 Å². The maximum Gasteiger partial charge on any atom is 0.166 e. The summed E-state index contributed by atoms with van der Waals surface area (Å²) in [6, 6.07) is 3.83. The van der Waals surface area contributed by atoms with Crippen LogP contribution < -0.4 is 0 Å². The van der Waals surface area contributed by atoms with E-state index in [0.717, 1.165) is 23.8 Å². The van der Waals surface area contributed by atoms with Crippen LogP contribution in [-0.4, -0.2) is 34.5 Å². The fourth-order valence-electron chi connectivity index (χ4n) is 2.43. The van der Waals surface area contributed by atoms with Crippen LogP contribution in [0.4, 0.5) is 0 Å². The molecule has 0 amide bonds. The molecule has 0 aliphatic carbocycles. The Bertz CT molecular complexity index is 804. The molecular weight excluding hydrogens is 280 g/mol. The molecule has 0 aliphatic rings. The molecule has 0 saturated heterocycles. The molecule has 22 heavy (non-hydrogen) atoms. The molecule has 7 nitrogen and oxygen atoms in total. The minimum Gasteiger partial charge on any atom is -0.385 e. The Morgan fingerprint density at radius 3 is 2.68 bits per heavy atom. The van der Waals surface area contributed by atoms with Crippen molar-refractivity contribution >= 4 is 5.65 Å². The van der Waals surface area contributed by atoms with Gasteiger partial charge in [0.25, 0.3) is 0 Å². The Labute approximate surface area is 128 Å². The van der Waals surface area contributed by atoms with Gasteiger partial charge in [0.15, 0.2) is 17.3 Å². The highest BCUT2D eigenvalue weighted by Gasteiger charge is 2.19. The molecule has 0 bridgehead atoms. The minimum atomic E-state index is -0.656. The molecule has 3 aromatic heterocycles. The van der Waals surface area contributed by atoms with E-state index in [1.54, 1.807) is 0 Å². The van der Waals surface area contributed by atoms with E-state index in [2.05, 4.69) is 20.3 Å². The number of hydrogen-bond donors (Lipinski definition) is 1. The molecule has 0 spiro atoms. The van der Waals surface area contributed by atoms with Gasteiger partial charge < -0.3 is 5.11 Å². The summed E-state index contributed by atoms with van der Waals surface area (Å²) < 4.78 is 3.68. The summed E-state index contributed by atoms with van der Waals surface area (Å²) in [6.45, 7) is 8.56. The quantitative estimate of drug-likeness (QED) is 0.797. The first-order chi connectivity index (χ1) is 10.5. The lowest BCUT2D eigenvalue weighted by Gasteiger charge is -2.12. The van der Waals surface area contributed by atoms with E-state index in [1.165, 1.54) is 0 Å². The molecule has 3 rings (SSSR count). The standard InChI is InChI=1S/C15H20N6O/c1-5-21-14(16-10(4)19-21)11-6-7-12-17-18-15(20(12)8-11)13(22)9(2)3/h6-9,13,22H,5H2,1-4H3. The maximum absolute atomic E-state index is 10.3. The zero-order valence-electron chi connectivity index (χ0n) is 13.2. The van der Waals surface area contributed by atoms with Crippen LogP contribution in [-0.2, 0) is 6.54 Å². The van der Waals surface area contributed by atoms with Crippen molar-refractivity contribution < 1.29 is 5.11 Å². The van der Waals surface area contributed by atoms with Crippen molar-refractivity contribution in [3.63, 3.8) is 0 Å². The summed E-state index contributed by atoms with van der Waals surface area (Å²) in [5.41, 5.74) is 1.63. The summed E-state index contributed by atoms with van der Waals surface area (Å²) in [6.07, 6.45) is 1.25. The third-order valence-corrected chi connectivity index (χ3v) is 3.66. The molecule has 3 heterocycles. The molecule has 1 unspecified atom stereocenters. The monoisotopic (exact) mass is 300 g/mol. The van der Waals surface area contributed by atoms with E-state index in [-0.39, 0.29) is 5.92 Å². The number of aryl methyl sites for hydroxylation is 2. The Morgan fingerprint density at radius 1 is 1.23 bits per heavy atom. The normalized spacial score (nSPS) is 13.2. The van der Waals surface area contributed by atoms with Crippen molar-refractivity contribution in [1.29, 1.82) is 0 Å². The van der Waals surface area contributed by atoms with Gasteiger partial charge in [-0.1, -0.05) is 13.8 Å². The van der Waals surface area contributed by atoms with Crippen LogP contribution in [0.5, 0.6) is 0 Å². The lowest BCUT2D eigenvalue weighted by molar-refractivity contribution is 0.116. The highest BCUT2D eigenvalue weighted by atomic mass is 16.3. The van der Waals surface area contributed by atoms with E-state index in [4.69, 9.17) is 0 Å². The van der Waals surface area contributed by atoms with Gasteiger partial charge in [-0.05, 0) is 31.9 Å². The number of aliphatic hydroxyl groups is 1. The smallest absolute Gasteiger partial charge is 0.166 e. The number of fused-ring (bicyclic) bond motifs is 1. The Kier molecular flexibility index (Phi) is 3.66. The molecule has 7 heteroatoms. The van der Waals surface area contributed by atoms with Crippen LogP contribution in [0.15, 0.2) is 18.3 Å². The van der Waals surface area contributed by atoms with Gasteiger partial charge in [-0.2, -0.15) is 5.10 Å². The average Bonchev–Trinajstić information content (AvgIpc) is 3.08. The van der Waals surface area contributed by atoms with Gasteiger partial charge in [-0.25, -0.2) is 9.67 Å². The van der Waals surface area contributed by atoms with Gasteiger partial charge in [0.1, 0.15) is 11.9 Å². The predicted octanol–water partition coefficient (Wildman–Crippen LogP) is 2.01. The van der Waals surface area contributed by atoms with E-state index in [0.29, 0.717) is 11.5 Å². The molecule has 116 valence electrons. The van der Waals surface area contributed by atoms with Crippen molar-refractivity contribution in [3.8, 4) is 11.4 Å². The number of aromatic nitrogens is 6. The number of aliphatic hydroxyl groups excluding tert-OH is 1. The first kappa shape index (κ1) is 14.6. The molecular formula is C15H20N6O.